The first-order valence-corrected chi connectivity index (χ1v) is 6.57. The highest BCUT2D eigenvalue weighted by atomic mass is 35.5. The van der Waals surface area contributed by atoms with Crippen molar-refractivity contribution in [2.75, 3.05) is 0 Å². The van der Waals surface area contributed by atoms with Crippen LogP contribution in [0.1, 0.15) is 16.5 Å². The Balaban J connectivity index is 2.08. The SMILES string of the molecule is N#CC(NCc1cccs1)c1ccc(Cl)c(F)c1. The molecule has 1 unspecified atom stereocenters. The second-order valence-electron chi connectivity index (χ2n) is 3.70. The standard InChI is InChI=1S/C13H10ClFN2S/c14-11-4-3-9(6-12(11)15)13(7-16)17-8-10-2-1-5-18-10/h1-6,13,17H,8H2. The fourth-order valence-corrected chi connectivity index (χ4v) is 2.32. The summed E-state index contributed by atoms with van der Waals surface area (Å²) < 4.78 is 13.3. The zero-order valence-electron chi connectivity index (χ0n) is 9.36. The molecule has 0 saturated heterocycles. The van der Waals surface area contributed by atoms with Crippen LogP contribution in [0.5, 0.6) is 0 Å². The van der Waals surface area contributed by atoms with Crippen LogP contribution < -0.4 is 5.32 Å². The van der Waals surface area contributed by atoms with E-state index < -0.39 is 11.9 Å². The zero-order chi connectivity index (χ0) is 13.0. The number of nitrogens with zero attached hydrogens (tertiary/aromatic N) is 1. The van der Waals surface area contributed by atoms with Crippen LogP contribution in [0.25, 0.3) is 0 Å². The maximum Gasteiger partial charge on any atom is 0.142 e. The Hall–Kier alpha value is -1.41. The van der Waals surface area contributed by atoms with Gasteiger partial charge in [0.15, 0.2) is 0 Å². The smallest absolute Gasteiger partial charge is 0.142 e. The third-order valence-corrected chi connectivity index (χ3v) is 3.65. The van der Waals surface area contributed by atoms with E-state index in [1.165, 1.54) is 12.1 Å². The summed E-state index contributed by atoms with van der Waals surface area (Å²) in [5, 5.41) is 14.2. The van der Waals surface area contributed by atoms with Gasteiger partial charge < -0.3 is 0 Å². The maximum atomic E-state index is 13.3. The molecular formula is C13H10ClFN2S. The molecule has 0 fully saturated rings. The summed E-state index contributed by atoms with van der Waals surface area (Å²) in [5.41, 5.74) is 0.580. The molecule has 0 bridgehead atoms. The van der Waals surface area contributed by atoms with E-state index in [1.54, 1.807) is 17.4 Å². The second kappa shape index (κ2) is 5.96. The maximum absolute atomic E-state index is 13.3. The van der Waals surface area contributed by atoms with Gasteiger partial charge in [-0.15, -0.1) is 11.3 Å². The quantitative estimate of drug-likeness (QED) is 0.922. The number of hydrogen-bond acceptors (Lipinski definition) is 3. The molecule has 2 nitrogen and oxygen atoms in total. The van der Waals surface area contributed by atoms with E-state index in [0.717, 1.165) is 4.88 Å². The van der Waals surface area contributed by atoms with Crippen LogP contribution in [0.4, 0.5) is 4.39 Å². The summed E-state index contributed by atoms with van der Waals surface area (Å²) in [6, 6.07) is 9.90. The molecule has 2 aromatic rings. The number of rotatable bonds is 4. The monoisotopic (exact) mass is 280 g/mol. The van der Waals surface area contributed by atoms with Crippen LogP contribution in [0.15, 0.2) is 35.7 Å². The minimum absolute atomic E-state index is 0.0636. The summed E-state index contributed by atoms with van der Waals surface area (Å²) in [7, 11) is 0. The molecule has 0 aliphatic heterocycles. The second-order valence-corrected chi connectivity index (χ2v) is 5.14. The van der Waals surface area contributed by atoms with Gasteiger partial charge >= 0.3 is 0 Å². The number of benzene rings is 1. The summed E-state index contributed by atoms with van der Waals surface area (Å²) in [4.78, 5) is 1.13. The average molecular weight is 281 g/mol. The van der Waals surface area contributed by atoms with Crippen LogP contribution in [0.3, 0.4) is 0 Å². The van der Waals surface area contributed by atoms with Gasteiger partial charge in [-0.2, -0.15) is 5.26 Å². The molecule has 1 aromatic carbocycles. The molecule has 1 heterocycles. The van der Waals surface area contributed by atoms with Crippen molar-refractivity contribution in [3.8, 4) is 6.07 Å². The molecule has 1 N–H and O–H groups in total. The summed E-state index contributed by atoms with van der Waals surface area (Å²) in [6.07, 6.45) is 0. The van der Waals surface area contributed by atoms with Gasteiger partial charge in [0.05, 0.1) is 11.1 Å². The van der Waals surface area contributed by atoms with Crippen molar-refractivity contribution in [2.45, 2.75) is 12.6 Å². The Bertz CT molecular complexity index is 563. The van der Waals surface area contributed by atoms with Crippen LogP contribution in [-0.4, -0.2) is 0 Å². The normalized spacial score (nSPS) is 12.1. The molecule has 18 heavy (non-hydrogen) atoms. The van der Waals surface area contributed by atoms with Gasteiger partial charge in [-0.1, -0.05) is 23.7 Å². The Morgan fingerprint density at radius 3 is 2.89 bits per heavy atom. The first-order valence-electron chi connectivity index (χ1n) is 5.31. The molecular weight excluding hydrogens is 271 g/mol. The van der Waals surface area contributed by atoms with E-state index in [2.05, 4.69) is 11.4 Å². The molecule has 1 aromatic heterocycles. The Morgan fingerprint density at radius 1 is 1.44 bits per heavy atom. The number of nitriles is 1. The van der Waals surface area contributed by atoms with Crippen molar-refractivity contribution >= 4 is 22.9 Å². The highest BCUT2D eigenvalue weighted by molar-refractivity contribution is 7.09. The Morgan fingerprint density at radius 2 is 2.28 bits per heavy atom. The van der Waals surface area contributed by atoms with Gasteiger partial charge in [-0.25, -0.2) is 4.39 Å². The van der Waals surface area contributed by atoms with Crippen LogP contribution >= 0.6 is 22.9 Å². The molecule has 0 spiro atoms. The molecule has 0 aliphatic rings. The van der Waals surface area contributed by atoms with Crippen molar-refractivity contribution in [3.63, 3.8) is 0 Å². The number of hydrogen-bond donors (Lipinski definition) is 1. The lowest BCUT2D eigenvalue weighted by Crippen LogP contribution is -2.19. The first-order chi connectivity index (χ1) is 8.70. The molecule has 2 rings (SSSR count). The predicted octanol–water partition coefficient (Wildman–Crippen LogP) is 3.90. The van der Waals surface area contributed by atoms with Gasteiger partial charge in [0, 0.05) is 11.4 Å². The lowest BCUT2D eigenvalue weighted by atomic mass is 10.1. The molecule has 92 valence electrons. The van der Waals surface area contributed by atoms with Crippen LogP contribution in [0.2, 0.25) is 5.02 Å². The topological polar surface area (TPSA) is 35.8 Å². The molecule has 5 heteroatoms. The third kappa shape index (κ3) is 3.08. The highest BCUT2D eigenvalue weighted by Gasteiger charge is 2.12. The summed E-state index contributed by atoms with van der Waals surface area (Å²) in [6.45, 7) is 0.583. The van der Waals surface area contributed by atoms with Gasteiger partial charge in [-0.05, 0) is 29.1 Å². The minimum atomic E-state index is -0.543. The zero-order valence-corrected chi connectivity index (χ0v) is 10.9. The van der Waals surface area contributed by atoms with Gasteiger partial charge in [-0.3, -0.25) is 5.32 Å². The molecule has 1 atom stereocenters. The largest absolute Gasteiger partial charge is 0.293 e. The fraction of sp³-hybridized carbons (Fsp3) is 0.154. The lowest BCUT2D eigenvalue weighted by molar-refractivity contribution is 0.607. The first kappa shape index (κ1) is 13.0. The van der Waals surface area contributed by atoms with E-state index in [9.17, 15) is 4.39 Å². The van der Waals surface area contributed by atoms with E-state index >= 15 is 0 Å². The van der Waals surface area contributed by atoms with Gasteiger partial charge in [0.25, 0.3) is 0 Å². The van der Waals surface area contributed by atoms with Crippen LogP contribution in [-0.2, 0) is 6.54 Å². The molecule has 0 saturated carbocycles. The third-order valence-electron chi connectivity index (χ3n) is 2.47. The number of thiophene rings is 1. The van der Waals surface area contributed by atoms with Crippen molar-refractivity contribution in [1.29, 1.82) is 5.26 Å². The average Bonchev–Trinajstić information content (AvgIpc) is 2.87. The van der Waals surface area contributed by atoms with Crippen molar-refractivity contribution in [1.82, 2.24) is 5.32 Å². The summed E-state index contributed by atoms with van der Waals surface area (Å²) >= 11 is 7.22. The minimum Gasteiger partial charge on any atom is -0.293 e. The lowest BCUT2D eigenvalue weighted by Gasteiger charge is -2.11. The van der Waals surface area contributed by atoms with Crippen molar-refractivity contribution in [3.05, 3.63) is 57.0 Å². The fourth-order valence-electron chi connectivity index (χ4n) is 1.55. The van der Waals surface area contributed by atoms with Gasteiger partial charge in [0.1, 0.15) is 11.9 Å². The summed E-state index contributed by atoms with van der Waals surface area (Å²) in [5.74, 6) is -0.507. The Kier molecular flexibility index (Phi) is 4.32. The van der Waals surface area contributed by atoms with E-state index in [-0.39, 0.29) is 5.02 Å². The Labute approximate surface area is 114 Å². The number of nitrogens with one attached hydrogen (secondary N) is 1. The highest BCUT2D eigenvalue weighted by Crippen LogP contribution is 2.20. The predicted molar refractivity (Wildman–Crippen MR) is 70.9 cm³/mol. The van der Waals surface area contributed by atoms with E-state index in [0.29, 0.717) is 12.1 Å². The van der Waals surface area contributed by atoms with Crippen molar-refractivity contribution in [2.24, 2.45) is 0 Å². The van der Waals surface area contributed by atoms with Crippen LogP contribution in [0, 0.1) is 17.1 Å². The molecule has 0 aliphatic carbocycles. The van der Waals surface area contributed by atoms with E-state index in [1.807, 2.05) is 17.5 Å². The van der Waals surface area contributed by atoms with Gasteiger partial charge in [0.2, 0.25) is 0 Å². The van der Waals surface area contributed by atoms with Crippen molar-refractivity contribution < 1.29 is 4.39 Å². The number of halogens is 2. The van der Waals surface area contributed by atoms with E-state index in [4.69, 9.17) is 16.9 Å². The molecule has 0 radical (unpaired) electrons. The molecule has 0 amide bonds.